The first-order chi connectivity index (χ1) is 9.42. The molecule has 0 fully saturated rings. The highest BCUT2D eigenvalue weighted by molar-refractivity contribution is 6.60. The molecule has 4 nitrogen and oxygen atoms in total. The van der Waals surface area contributed by atoms with Crippen LogP contribution in [0.15, 0.2) is 18.2 Å². The standard InChI is InChI=1S/C15H24BClO4/c1-10(2)20-13-8-11(7-12(17)9-13)16(19)21-15(5,6)14(3,4)18/h7-10,18-19H,1-6H3. The molecule has 2 N–H and O–H groups in total. The summed E-state index contributed by atoms with van der Waals surface area (Å²) in [6.07, 6.45) is 0.00203. The van der Waals surface area contributed by atoms with E-state index in [9.17, 15) is 10.1 Å². The van der Waals surface area contributed by atoms with Crippen LogP contribution in [0.2, 0.25) is 5.02 Å². The predicted molar refractivity (Wildman–Crippen MR) is 86.3 cm³/mol. The molecule has 0 unspecified atom stereocenters. The Labute approximate surface area is 132 Å². The van der Waals surface area contributed by atoms with Crippen LogP contribution in [0.25, 0.3) is 0 Å². The van der Waals surface area contributed by atoms with Crippen molar-refractivity contribution in [3.8, 4) is 5.75 Å². The number of halogens is 1. The highest BCUT2D eigenvalue weighted by Crippen LogP contribution is 2.26. The van der Waals surface area contributed by atoms with E-state index in [1.54, 1.807) is 45.9 Å². The van der Waals surface area contributed by atoms with Gasteiger partial charge in [0.15, 0.2) is 0 Å². The smallest absolute Gasteiger partial charge is 0.491 e. The van der Waals surface area contributed by atoms with E-state index < -0.39 is 18.3 Å². The first kappa shape index (κ1) is 18.3. The normalized spacial score (nSPS) is 12.7. The van der Waals surface area contributed by atoms with E-state index in [0.717, 1.165) is 0 Å². The lowest BCUT2D eigenvalue weighted by Gasteiger charge is -2.38. The van der Waals surface area contributed by atoms with Gasteiger partial charge in [0.05, 0.1) is 17.3 Å². The number of hydrogen-bond donors (Lipinski definition) is 2. The molecule has 1 aromatic carbocycles. The van der Waals surface area contributed by atoms with Crippen molar-refractivity contribution in [3.05, 3.63) is 23.2 Å². The highest BCUT2D eigenvalue weighted by Gasteiger charge is 2.39. The Hall–Kier alpha value is -0.745. The van der Waals surface area contributed by atoms with Crippen LogP contribution < -0.4 is 10.2 Å². The largest absolute Gasteiger partial charge is 0.491 e. The van der Waals surface area contributed by atoms with Crippen molar-refractivity contribution < 1.29 is 19.5 Å². The van der Waals surface area contributed by atoms with Gasteiger partial charge in [-0.15, -0.1) is 0 Å². The monoisotopic (exact) mass is 314 g/mol. The van der Waals surface area contributed by atoms with E-state index in [1.807, 2.05) is 13.8 Å². The average molecular weight is 315 g/mol. The van der Waals surface area contributed by atoms with Gasteiger partial charge >= 0.3 is 7.12 Å². The van der Waals surface area contributed by atoms with Crippen molar-refractivity contribution in [1.29, 1.82) is 0 Å². The van der Waals surface area contributed by atoms with E-state index in [1.165, 1.54) is 0 Å². The molecule has 1 aromatic rings. The minimum atomic E-state index is -1.21. The van der Waals surface area contributed by atoms with Gasteiger partial charge in [-0.25, -0.2) is 0 Å². The molecule has 0 saturated carbocycles. The van der Waals surface area contributed by atoms with Gasteiger partial charge in [0, 0.05) is 5.02 Å². The molecule has 118 valence electrons. The van der Waals surface area contributed by atoms with Crippen LogP contribution in [-0.2, 0) is 4.65 Å². The molecule has 0 atom stereocenters. The molecule has 0 aromatic heterocycles. The average Bonchev–Trinajstić information content (AvgIpc) is 2.24. The van der Waals surface area contributed by atoms with E-state index >= 15 is 0 Å². The quantitative estimate of drug-likeness (QED) is 0.792. The van der Waals surface area contributed by atoms with Gasteiger partial charge in [0.1, 0.15) is 5.75 Å². The number of aliphatic hydroxyl groups is 1. The van der Waals surface area contributed by atoms with Gasteiger partial charge < -0.3 is 19.5 Å². The van der Waals surface area contributed by atoms with Crippen LogP contribution in [-0.4, -0.2) is 34.6 Å². The van der Waals surface area contributed by atoms with Gasteiger partial charge in [-0.1, -0.05) is 11.6 Å². The van der Waals surface area contributed by atoms with Gasteiger partial charge in [0.2, 0.25) is 0 Å². The zero-order chi connectivity index (χ0) is 16.4. The fourth-order valence-electron chi connectivity index (χ4n) is 1.56. The second-order valence-corrected chi connectivity index (χ2v) is 6.86. The highest BCUT2D eigenvalue weighted by atomic mass is 35.5. The van der Waals surface area contributed by atoms with Crippen LogP contribution >= 0.6 is 11.6 Å². The summed E-state index contributed by atoms with van der Waals surface area (Å²) < 4.78 is 11.2. The number of ether oxygens (including phenoxy) is 1. The molecule has 1 rings (SSSR count). The van der Waals surface area contributed by atoms with Crippen molar-refractivity contribution in [2.24, 2.45) is 0 Å². The first-order valence-corrected chi connectivity index (χ1v) is 7.35. The molecule has 0 saturated heterocycles. The maximum atomic E-state index is 10.3. The molecule has 0 aliphatic rings. The van der Waals surface area contributed by atoms with E-state index in [0.29, 0.717) is 16.2 Å². The summed E-state index contributed by atoms with van der Waals surface area (Å²) >= 11 is 6.04. The molecule has 0 aliphatic heterocycles. The zero-order valence-corrected chi connectivity index (χ0v) is 14.2. The Kier molecular flexibility index (Phi) is 5.73. The van der Waals surface area contributed by atoms with E-state index in [-0.39, 0.29) is 6.10 Å². The molecular weight excluding hydrogens is 290 g/mol. The lowest BCUT2D eigenvalue weighted by molar-refractivity contribution is -0.0982. The Morgan fingerprint density at radius 3 is 2.19 bits per heavy atom. The molecule has 0 bridgehead atoms. The van der Waals surface area contributed by atoms with Crippen LogP contribution in [0.4, 0.5) is 0 Å². The van der Waals surface area contributed by atoms with Crippen molar-refractivity contribution >= 4 is 24.2 Å². The maximum absolute atomic E-state index is 10.3. The molecule has 0 amide bonds. The minimum absolute atomic E-state index is 0.00203. The van der Waals surface area contributed by atoms with Crippen LogP contribution in [0.3, 0.4) is 0 Å². The molecule has 0 radical (unpaired) electrons. The van der Waals surface area contributed by atoms with Crippen LogP contribution in [0.5, 0.6) is 5.75 Å². The van der Waals surface area contributed by atoms with Crippen LogP contribution in [0.1, 0.15) is 41.5 Å². The molecule has 21 heavy (non-hydrogen) atoms. The fraction of sp³-hybridized carbons (Fsp3) is 0.600. The van der Waals surface area contributed by atoms with Gasteiger partial charge in [-0.3, -0.25) is 0 Å². The van der Waals surface area contributed by atoms with Gasteiger partial charge in [0.25, 0.3) is 0 Å². The molecule has 0 heterocycles. The number of hydrogen-bond acceptors (Lipinski definition) is 4. The minimum Gasteiger partial charge on any atom is -0.491 e. The van der Waals surface area contributed by atoms with Crippen molar-refractivity contribution in [2.75, 3.05) is 0 Å². The third-order valence-electron chi connectivity index (χ3n) is 3.43. The Balaban J connectivity index is 2.97. The third-order valence-corrected chi connectivity index (χ3v) is 3.65. The van der Waals surface area contributed by atoms with Gasteiger partial charge in [-0.05, 0) is 65.2 Å². The lowest BCUT2D eigenvalue weighted by Crippen LogP contribution is -2.53. The third kappa shape index (κ3) is 5.18. The van der Waals surface area contributed by atoms with Crippen molar-refractivity contribution in [3.63, 3.8) is 0 Å². The fourth-order valence-corrected chi connectivity index (χ4v) is 1.79. The summed E-state index contributed by atoms with van der Waals surface area (Å²) in [6, 6.07) is 4.97. The summed E-state index contributed by atoms with van der Waals surface area (Å²) in [5, 5.41) is 20.8. The summed E-state index contributed by atoms with van der Waals surface area (Å²) in [5.74, 6) is 0.566. The number of benzene rings is 1. The zero-order valence-electron chi connectivity index (χ0n) is 13.5. The van der Waals surface area contributed by atoms with E-state index in [4.69, 9.17) is 21.0 Å². The second-order valence-electron chi connectivity index (χ2n) is 6.43. The Bertz CT molecular complexity index is 483. The summed E-state index contributed by atoms with van der Waals surface area (Å²) in [4.78, 5) is 0. The van der Waals surface area contributed by atoms with Crippen molar-refractivity contribution in [1.82, 2.24) is 0 Å². The van der Waals surface area contributed by atoms with Crippen molar-refractivity contribution in [2.45, 2.75) is 58.8 Å². The Morgan fingerprint density at radius 2 is 1.71 bits per heavy atom. The summed E-state index contributed by atoms with van der Waals surface area (Å²) in [5.41, 5.74) is -1.56. The van der Waals surface area contributed by atoms with Gasteiger partial charge in [-0.2, -0.15) is 0 Å². The SMILES string of the molecule is CC(C)Oc1cc(Cl)cc(B(O)OC(C)(C)C(C)(C)O)c1. The van der Waals surface area contributed by atoms with E-state index in [2.05, 4.69) is 0 Å². The summed E-state index contributed by atoms with van der Waals surface area (Å²) in [7, 11) is -1.21. The first-order valence-electron chi connectivity index (χ1n) is 6.98. The maximum Gasteiger partial charge on any atom is 0.491 e. The molecule has 0 spiro atoms. The lowest BCUT2D eigenvalue weighted by atomic mass is 9.76. The second kappa shape index (κ2) is 6.57. The predicted octanol–water partition coefficient (Wildman–Crippen LogP) is 2.38. The molecule has 0 aliphatic carbocycles. The Morgan fingerprint density at radius 1 is 1.14 bits per heavy atom. The molecular formula is C15H24BClO4. The number of rotatable bonds is 6. The van der Waals surface area contributed by atoms with Crippen LogP contribution in [0, 0.1) is 0 Å². The molecule has 6 heteroatoms. The topological polar surface area (TPSA) is 58.9 Å². The summed E-state index contributed by atoms with van der Waals surface area (Å²) in [6.45, 7) is 10.5.